The molecule has 7 aromatic carbocycles. The molecule has 0 saturated heterocycles. The van der Waals surface area contributed by atoms with Gasteiger partial charge in [-0.05, 0) is 58.7 Å². The third-order valence-corrected chi connectivity index (χ3v) is 9.37. The van der Waals surface area contributed by atoms with Gasteiger partial charge >= 0.3 is 0 Å². The molecule has 5 nitrogen and oxygen atoms in total. The number of nitrogens with zero attached hydrogens (tertiary/aromatic N) is 3. The lowest BCUT2D eigenvalue weighted by Crippen LogP contribution is -2.01. The Balaban J connectivity index is 1.24. The molecule has 0 aliphatic heterocycles. The second-order valence-electron chi connectivity index (χ2n) is 12.4. The fourth-order valence-electron chi connectivity index (χ4n) is 6.96. The van der Waals surface area contributed by atoms with E-state index in [0.29, 0.717) is 17.5 Å². The minimum atomic E-state index is 0.561. The van der Waals surface area contributed by atoms with Crippen LogP contribution in [-0.2, 0) is 0 Å². The van der Waals surface area contributed by atoms with E-state index in [1.807, 2.05) is 78.9 Å². The van der Waals surface area contributed by atoms with Crippen LogP contribution < -0.4 is 0 Å². The van der Waals surface area contributed by atoms with E-state index in [4.69, 9.17) is 23.8 Å². The predicted octanol–water partition coefficient (Wildman–Crippen LogP) is 12.0. The summed E-state index contributed by atoms with van der Waals surface area (Å²) in [5.74, 6) is 1.72. The Labute approximate surface area is 287 Å². The normalized spacial score (nSPS) is 11.6. The Hall–Kier alpha value is -6.85. The third kappa shape index (κ3) is 4.67. The van der Waals surface area contributed by atoms with Gasteiger partial charge in [0.1, 0.15) is 22.3 Å². The first-order chi connectivity index (χ1) is 24.8. The minimum Gasteiger partial charge on any atom is -0.456 e. The van der Waals surface area contributed by atoms with Gasteiger partial charge in [0, 0.05) is 38.2 Å². The molecular weight excluding hydrogens is 615 g/mol. The molecule has 10 rings (SSSR count). The van der Waals surface area contributed by atoms with Gasteiger partial charge in [0.25, 0.3) is 0 Å². The molecule has 50 heavy (non-hydrogen) atoms. The van der Waals surface area contributed by atoms with Crippen LogP contribution in [0.3, 0.4) is 0 Å². The van der Waals surface area contributed by atoms with Gasteiger partial charge in [-0.3, -0.25) is 0 Å². The van der Waals surface area contributed by atoms with Crippen molar-refractivity contribution >= 4 is 43.9 Å². The molecule has 0 unspecified atom stereocenters. The highest BCUT2D eigenvalue weighted by molar-refractivity contribution is 6.15. The average molecular weight is 642 g/mol. The Morgan fingerprint density at radius 3 is 1.60 bits per heavy atom. The zero-order valence-electron chi connectivity index (χ0n) is 26.7. The maximum absolute atomic E-state index is 6.41. The minimum absolute atomic E-state index is 0.561. The summed E-state index contributed by atoms with van der Waals surface area (Å²) in [7, 11) is 0. The summed E-state index contributed by atoms with van der Waals surface area (Å²) in [6.07, 6.45) is 0. The molecule has 0 bridgehead atoms. The molecule has 0 aliphatic carbocycles. The van der Waals surface area contributed by atoms with Gasteiger partial charge in [0.05, 0.1) is 0 Å². The molecule has 0 spiro atoms. The second kappa shape index (κ2) is 11.4. The number of fused-ring (bicyclic) bond motifs is 6. The molecule has 0 fully saturated rings. The van der Waals surface area contributed by atoms with E-state index in [0.717, 1.165) is 77.3 Å². The van der Waals surface area contributed by atoms with Crippen LogP contribution >= 0.6 is 0 Å². The summed E-state index contributed by atoms with van der Waals surface area (Å²) in [4.78, 5) is 15.5. The van der Waals surface area contributed by atoms with Gasteiger partial charge in [-0.15, -0.1) is 0 Å². The van der Waals surface area contributed by atoms with E-state index in [2.05, 4.69) is 84.9 Å². The van der Waals surface area contributed by atoms with Crippen LogP contribution in [0.2, 0.25) is 0 Å². The van der Waals surface area contributed by atoms with Crippen molar-refractivity contribution in [2.24, 2.45) is 0 Å². The maximum Gasteiger partial charge on any atom is 0.165 e. The Kier molecular flexibility index (Phi) is 6.42. The van der Waals surface area contributed by atoms with Gasteiger partial charge in [-0.2, -0.15) is 0 Å². The van der Waals surface area contributed by atoms with E-state index >= 15 is 0 Å². The van der Waals surface area contributed by atoms with Crippen LogP contribution in [0, 0.1) is 0 Å². The molecule has 10 aromatic rings. The van der Waals surface area contributed by atoms with Crippen molar-refractivity contribution in [3.05, 3.63) is 164 Å². The van der Waals surface area contributed by atoms with Crippen LogP contribution in [0.4, 0.5) is 0 Å². The highest BCUT2D eigenvalue weighted by Gasteiger charge is 2.22. The fourth-order valence-corrected chi connectivity index (χ4v) is 6.96. The van der Waals surface area contributed by atoms with Gasteiger partial charge in [-0.1, -0.05) is 127 Å². The molecule has 234 valence electrons. The Morgan fingerprint density at radius 1 is 0.320 bits per heavy atom. The largest absolute Gasteiger partial charge is 0.456 e. The van der Waals surface area contributed by atoms with E-state index in [1.54, 1.807) is 0 Å². The summed E-state index contributed by atoms with van der Waals surface area (Å²) in [6, 6.07) is 55.8. The number of benzene rings is 7. The van der Waals surface area contributed by atoms with Crippen molar-refractivity contribution in [1.29, 1.82) is 0 Å². The highest BCUT2D eigenvalue weighted by Crippen LogP contribution is 2.43. The highest BCUT2D eigenvalue weighted by atomic mass is 16.3. The summed E-state index contributed by atoms with van der Waals surface area (Å²) in [6.45, 7) is 0. The Morgan fingerprint density at radius 2 is 0.840 bits per heavy atom. The monoisotopic (exact) mass is 641 g/mol. The summed E-state index contributed by atoms with van der Waals surface area (Å²) in [5.41, 5.74) is 10.3. The zero-order valence-corrected chi connectivity index (χ0v) is 26.7. The van der Waals surface area contributed by atoms with E-state index in [9.17, 15) is 0 Å². The molecule has 0 amide bonds. The van der Waals surface area contributed by atoms with Crippen LogP contribution in [0.25, 0.3) is 100 Å². The quantitative estimate of drug-likeness (QED) is 0.187. The van der Waals surface area contributed by atoms with Crippen molar-refractivity contribution in [2.45, 2.75) is 0 Å². The van der Waals surface area contributed by atoms with E-state index in [-0.39, 0.29) is 0 Å². The topological polar surface area (TPSA) is 65.0 Å². The van der Waals surface area contributed by atoms with Crippen molar-refractivity contribution in [2.75, 3.05) is 0 Å². The lowest BCUT2D eigenvalue weighted by atomic mass is 9.93. The van der Waals surface area contributed by atoms with Crippen LogP contribution in [-0.4, -0.2) is 15.0 Å². The second-order valence-corrected chi connectivity index (χ2v) is 12.4. The Bertz CT molecular complexity index is 2850. The van der Waals surface area contributed by atoms with Gasteiger partial charge in [-0.25, -0.2) is 15.0 Å². The smallest absolute Gasteiger partial charge is 0.165 e. The predicted molar refractivity (Wildman–Crippen MR) is 202 cm³/mol. The van der Waals surface area contributed by atoms with Crippen molar-refractivity contribution in [1.82, 2.24) is 15.0 Å². The van der Waals surface area contributed by atoms with Gasteiger partial charge < -0.3 is 8.83 Å². The van der Waals surface area contributed by atoms with Crippen molar-refractivity contribution in [3.63, 3.8) is 0 Å². The molecule has 3 heterocycles. The molecule has 0 N–H and O–H groups in total. The van der Waals surface area contributed by atoms with E-state index in [1.165, 1.54) is 5.56 Å². The average Bonchev–Trinajstić information content (AvgIpc) is 3.76. The van der Waals surface area contributed by atoms with Gasteiger partial charge in [0.15, 0.2) is 17.5 Å². The molecule has 0 radical (unpaired) electrons. The molecular formula is C45H27N3O2. The number of hydrogen-bond donors (Lipinski definition) is 0. The lowest BCUT2D eigenvalue weighted by Gasteiger charge is -2.14. The summed E-state index contributed by atoms with van der Waals surface area (Å²) in [5, 5.41) is 4.11. The van der Waals surface area contributed by atoms with Crippen molar-refractivity contribution < 1.29 is 8.83 Å². The van der Waals surface area contributed by atoms with Gasteiger partial charge in [0.2, 0.25) is 0 Å². The SMILES string of the molecule is c1ccc(-c2ccc(-c3ccc4oc5ccccc5c4c3-c3nc(-c4ccccc4)nc(-c4ccc5c(c4)oc4ccccc45)n3)cc2)cc1. The van der Waals surface area contributed by atoms with Crippen LogP contribution in [0.15, 0.2) is 173 Å². The summed E-state index contributed by atoms with van der Waals surface area (Å²) >= 11 is 0. The lowest BCUT2D eigenvalue weighted by molar-refractivity contribution is 0.668. The maximum atomic E-state index is 6.41. The molecule has 0 aliphatic rings. The molecule has 5 heteroatoms. The van der Waals surface area contributed by atoms with Crippen LogP contribution in [0.5, 0.6) is 0 Å². The first-order valence-electron chi connectivity index (χ1n) is 16.6. The number of rotatable bonds is 5. The summed E-state index contributed by atoms with van der Waals surface area (Å²) < 4.78 is 12.7. The molecule has 0 saturated carbocycles. The fraction of sp³-hybridized carbons (Fsp3) is 0. The number of aromatic nitrogens is 3. The number of hydrogen-bond acceptors (Lipinski definition) is 5. The first-order valence-corrected chi connectivity index (χ1v) is 16.6. The number of para-hydroxylation sites is 2. The molecule has 0 atom stereocenters. The number of furan rings is 2. The van der Waals surface area contributed by atoms with E-state index < -0.39 is 0 Å². The zero-order chi connectivity index (χ0) is 33.0. The first kappa shape index (κ1) is 28.2. The molecule has 3 aromatic heterocycles. The third-order valence-electron chi connectivity index (χ3n) is 9.37. The van der Waals surface area contributed by atoms with Crippen LogP contribution in [0.1, 0.15) is 0 Å². The standard InChI is InChI=1S/C45H27N3O2/c1-3-11-28(12-4-1)29-19-21-30(22-20-29)33-25-26-39-41(36-16-8-10-18-38(36)49-39)42(33)45-47-43(31-13-5-2-6-14-31)46-44(48-45)32-23-24-35-34-15-7-9-17-37(34)50-40(35)27-32/h1-27H. The van der Waals surface area contributed by atoms with Crippen molar-refractivity contribution in [3.8, 4) is 56.4 Å².